The minimum Gasteiger partial charge on any atom is -0.366 e. The number of amides is 2. The lowest BCUT2D eigenvalue weighted by atomic mass is 9.80. The maximum Gasteiger partial charge on any atom is 0.395 e. The lowest BCUT2D eigenvalue weighted by Crippen LogP contribution is -2.42. The van der Waals surface area contributed by atoms with E-state index >= 15 is 0 Å². The molecule has 2 atom stereocenters. The van der Waals surface area contributed by atoms with E-state index in [2.05, 4.69) is 10.3 Å². The van der Waals surface area contributed by atoms with Crippen LogP contribution in [-0.2, 0) is 11.2 Å². The summed E-state index contributed by atoms with van der Waals surface area (Å²) >= 11 is 0. The molecule has 1 unspecified atom stereocenters. The SMILES string of the molecule is CN(C)[C@H](CNC(=O)CC(c1cccnc1)C1(C(F)(F)F)CC1)Cc1ccc(C(N)=O)c(F)c1. The molecule has 184 valence electrons. The lowest BCUT2D eigenvalue weighted by Gasteiger charge is -2.30. The van der Waals surface area contributed by atoms with Gasteiger partial charge in [-0.1, -0.05) is 12.1 Å². The van der Waals surface area contributed by atoms with Crippen molar-refractivity contribution < 1.29 is 27.2 Å². The first-order chi connectivity index (χ1) is 15.9. The largest absolute Gasteiger partial charge is 0.395 e. The number of nitrogens with one attached hydrogen (secondary N) is 1. The van der Waals surface area contributed by atoms with E-state index in [-0.39, 0.29) is 37.4 Å². The van der Waals surface area contributed by atoms with Crippen molar-refractivity contribution >= 4 is 11.8 Å². The van der Waals surface area contributed by atoms with Crippen LogP contribution in [0.2, 0.25) is 0 Å². The first-order valence-electron chi connectivity index (χ1n) is 10.9. The molecule has 2 aromatic rings. The van der Waals surface area contributed by atoms with Crippen LogP contribution in [0.5, 0.6) is 0 Å². The zero-order chi connectivity index (χ0) is 25.1. The van der Waals surface area contributed by atoms with Gasteiger partial charge in [0.15, 0.2) is 0 Å². The fraction of sp³-hybridized carbons (Fsp3) is 0.458. The molecule has 34 heavy (non-hydrogen) atoms. The molecule has 1 saturated carbocycles. The van der Waals surface area contributed by atoms with Crippen LogP contribution < -0.4 is 11.1 Å². The maximum atomic E-state index is 14.1. The number of likely N-dealkylation sites (N-methyl/N-ethyl adjacent to an activating group) is 1. The summed E-state index contributed by atoms with van der Waals surface area (Å²) in [5, 5.41) is 2.74. The van der Waals surface area contributed by atoms with Crippen LogP contribution in [0.25, 0.3) is 0 Å². The molecule has 0 aliphatic heterocycles. The van der Waals surface area contributed by atoms with Gasteiger partial charge in [0.25, 0.3) is 5.91 Å². The molecule has 0 spiro atoms. The molecule has 1 aliphatic rings. The molecular weight excluding hydrogens is 452 g/mol. The number of hydrogen-bond acceptors (Lipinski definition) is 4. The minimum absolute atomic E-state index is 0.0173. The van der Waals surface area contributed by atoms with Crippen molar-refractivity contribution in [1.82, 2.24) is 15.2 Å². The molecule has 3 N–H and O–H groups in total. The first-order valence-corrected chi connectivity index (χ1v) is 10.9. The van der Waals surface area contributed by atoms with Crippen LogP contribution in [0.4, 0.5) is 17.6 Å². The Morgan fingerprint density at radius 1 is 1.24 bits per heavy atom. The highest BCUT2D eigenvalue weighted by molar-refractivity contribution is 5.93. The second-order valence-electron chi connectivity index (χ2n) is 9.00. The van der Waals surface area contributed by atoms with E-state index in [0.717, 1.165) is 0 Å². The number of alkyl halides is 3. The van der Waals surface area contributed by atoms with Crippen molar-refractivity contribution in [2.75, 3.05) is 20.6 Å². The number of primary amides is 1. The molecule has 10 heteroatoms. The highest BCUT2D eigenvalue weighted by atomic mass is 19.4. The number of pyridine rings is 1. The Kier molecular flexibility index (Phi) is 7.60. The van der Waals surface area contributed by atoms with Crippen molar-refractivity contribution in [3.63, 3.8) is 0 Å². The number of halogens is 4. The van der Waals surface area contributed by atoms with Crippen LogP contribution in [0.15, 0.2) is 42.7 Å². The summed E-state index contributed by atoms with van der Waals surface area (Å²) in [4.78, 5) is 29.7. The van der Waals surface area contributed by atoms with Crippen molar-refractivity contribution in [3.05, 3.63) is 65.2 Å². The molecule has 6 nitrogen and oxygen atoms in total. The van der Waals surface area contributed by atoms with E-state index in [4.69, 9.17) is 5.73 Å². The fourth-order valence-electron chi connectivity index (χ4n) is 4.26. The van der Waals surface area contributed by atoms with Gasteiger partial charge in [0.2, 0.25) is 5.91 Å². The van der Waals surface area contributed by atoms with E-state index in [9.17, 15) is 27.2 Å². The van der Waals surface area contributed by atoms with E-state index < -0.39 is 35.1 Å². The van der Waals surface area contributed by atoms with Gasteiger partial charge < -0.3 is 16.0 Å². The fourth-order valence-corrected chi connectivity index (χ4v) is 4.26. The molecule has 1 aliphatic carbocycles. The van der Waals surface area contributed by atoms with Gasteiger partial charge in [0, 0.05) is 37.3 Å². The zero-order valence-corrected chi connectivity index (χ0v) is 19.0. The van der Waals surface area contributed by atoms with Gasteiger partial charge >= 0.3 is 6.18 Å². The second-order valence-corrected chi connectivity index (χ2v) is 9.00. The van der Waals surface area contributed by atoms with E-state index in [1.54, 1.807) is 32.3 Å². The third-order valence-electron chi connectivity index (χ3n) is 6.53. The number of carbonyl (C=O) groups is 2. The number of hydrogen-bond donors (Lipinski definition) is 2. The maximum absolute atomic E-state index is 14.1. The van der Waals surface area contributed by atoms with Crippen molar-refractivity contribution in [2.45, 2.75) is 43.8 Å². The minimum atomic E-state index is -4.42. The average molecular weight is 481 g/mol. The Hall–Kier alpha value is -3.01. The molecule has 1 fully saturated rings. The average Bonchev–Trinajstić information content (AvgIpc) is 3.57. The zero-order valence-electron chi connectivity index (χ0n) is 19.0. The Morgan fingerprint density at radius 3 is 2.44 bits per heavy atom. The molecule has 0 saturated heterocycles. The summed E-state index contributed by atoms with van der Waals surface area (Å²) < 4.78 is 55.6. The first kappa shape index (κ1) is 25.6. The van der Waals surface area contributed by atoms with E-state index in [0.29, 0.717) is 17.5 Å². The van der Waals surface area contributed by atoms with Gasteiger partial charge in [0.1, 0.15) is 5.82 Å². The predicted molar refractivity (Wildman–Crippen MR) is 118 cm³/mol. The number of carbonyl (C=O) groups excluding carboxylic acids is 2. The molecule has 1 aromatic carbocycles. The van der Waals surface area contributed by atoms with Crippen LogP contribution >= 0.6 is 0 Å². The molecule has 1 aromatic heterocycles. The molecule has 1 heterocycles. The number of nitrogens with two attached hydrogens (primary N) is 1. The number of rotatable bonds is 10. The van der Waals surface area contributed by atoms with Gasteiger partial charge in [0.05, 0.1) is 11.0 Å². The van der Waals surface area contributed by atoms with Gasteiger partial charge in [-0.25, -0.2) is 4.39 Å². The number of nitrogens with zero attached hydrogens (tertiary/aromatic N) is 2. The third-order valence-corrected chi connectivity index (χ3v) is 6.53. The molecule has 0 bridgehead atoms. The van der Waals surface area contributed by atoms with Crippen LogP contribution in [0, 0.1) is 11.2 Å². The summed E-state index contributed by atoms with van der Waals surface area (Å²) in [7, 11) is 3.57. The topological polar surface area (TPSA) is 88.3 Å². The van der Waals surface area contributed by atoms with Crippen molar-refractivity contribution in [1.29, 1.82) is 0 Å². The summed E-state index contributed by atoms with van der Waals surface area (Å²) in [6.45, 7) is 0.157. The van der Waals surface area contributed by atoms with E-state index in [1.807, 2.05) is 4.90 Å². The highest BCUT2D eigenvalue weighted by Gasteiger charge is 2.67. The van der Waals surface area contributed by atoms with Crippen LogP contribution in [-0.4, -0.2) is 54.6 Å². The third kappa shape index (κ3) is 5.72. The second kappa shape index (κ2) is 10.1. The standard InChI is InChI=1S/C24H28F4N4O2/c1-32(2)17(10-15-5-6-18(22(29)34)20(25)11-15)14-31-21(33)12-19(16-4-3-9-30-13-16)23(7-8-23)24(26,27)28/h3-6,9,11,13,17,19H,7-8,10,12,14H2,1-2H3,(H2,29,34)(H,31,33)/t17-,19?/m0/s1. The normalized spacial score (nSPS) is 16.7. The van der Waals surface area contributed by atoms with Crippen LogP contribution in [0.3, 0.4) is 0 Å². The summed E-state index contributed by atoms with van der Waals surface area (Å²) in [5.41, 5.74) is 4.00. The summed E-state index contributed by atoms with van der Waals surface area (Å²) in [5.74, 6) is -3.11. The van der Waals surface area contributed by atoms with Gasteiger partial charge in [-0.05, 0) is 62.7 Å². The Morgan fingerprint density at radius 2 is 1.94 bits per heavy atom. The summed E-state index contributed by atoms with van der Waals surface area (Å²) in [6.07, 6.45) is -1.55. The Bertz CT molecular complexity index is 1020. The number of aromatic nitrogens is 1. The van der Waals surface area contributed by atoms with Crippen LogP contribution in [0.1, 0.15) is 46.7 Å². The number of benzene rings is 1. The molecule has 0 radical (unpaired) electrons. The van der Waals surface area contributed by atoms with Gasteiger partial charge in [-0.3, -0.25) is 14.6 Å². The molecular formula is C24H28F4N4O2. The van der Waals surface area contributed by atoms with E-state index in [1.165, 1.54) is 24.5 Å². The lowest BCUT2D eigenvalue weighted by molar-refractivity contribution is -0.194. The van der Waals surface area contributed by atoms with Gasteiger partial charge in [-0.15, -0.1) is 0 Å². The Balaban J connectivity index is 1.68. The quantitative estimate of drug-likeness (QED) is 0.510. The molecule has 2 amide bonds. The van der Waals surface area contributed by atoms with Crippen molar-refractivity contribution in [2.24, 2.45) is 11.1 Å². The Labute approximate surface area is 195 Å². The highest BCUT2D eigenvalue weighted by Crippen LogP contribution is 2.66. The van der Waals surface area contributed by atoms with Gasteiger partial charge in [-0.2, -0.15) is 13.2 Å². The monoisotopic (exact) mass is 480 g/mol. The molecule has 3 rings (SSSR count). The summed E-state index contributed by atoms with van der Waals surface area (Å²) in [6, 6.07) is 7.00. The van der Waals surface area contributed by atoms with Crippen molar-refractivity contribution in [3.8, 4) is 0 Å². The predicted octanol–water partition coefficient (Wildman–Crippen LogP) is 3.42. The smallest absolute Gasteiger partial charge is 0.366 e.